The van der Waals surface area contributed by atoms with Crippen LogP contribution in [0.1, 0.15) is 0 Å². The van der Waals surface area contributed by atoms with E-state index in [1.165, 1.54) is 12.1 Å². The van der Waals surface area contributed by atoms with E-state index in [0.29, 0.717) is 0 Å². The summed E-state index contributed by atoms with van der Waals surface area (Å²) in [6, 6.07) is 3.64. The number of nitrogens with one attached hydrogen (secondary N) is 1. The van der Waals surface area contributed by atoms with Gasteiger partial charge in [0.05, 0.1) is 19.9 Å². The number of carbonyl (C=O) groups is 1. The number of benzene rings is 1. The SMILES string of the molecule is CS(=O)(CCNc1nonc1-c1noc(=O)n1-c1ccc(F)c(Br)c1)=NC(=O)C(F)(F)F. The van der Waals surface area contributed by atoms with Crippen molar-refractivity contribution in [2.75, 3.05) is 23.9 Å². The van der Waals surface area contributed by atoms with Crippen molar-refractivity contribution in [3.63, 3.8) is 0 Å². The van der Waals surface area contributed by atoms with Crippen LogP contribution in [0.4, 0.5) is 23.4 Å². The molecule has 2 heterocycles. The van der Waals surface area contributed by atoms with Gasteiger partial charge in [0.25, 0.3) is 0 Å². The number of hydrogen-bond donors (Lipinski definition) is 1. The van der Waals surface area contributed by atoms with Gasteiger partial charge in [-0.2, -0.15) is 17.5 Å². The van der Waals surface area contributed by atoms with Gasteiger partial charge in [-0.15, -0.1) is 0 Å². The van der Waals surface area contributed by atoms with Gasteiger partial charge < -0.3 is 5.32 Å². The molecule has 0 bridgehead atoms. The minimum atomic E-state index is -5.23. The highest BCUT2D eigenvalue weighted by Crippen LogP contribution is 2.26. The first-order chi connectivity index (χ1) is 14.9. The van der Waals surface area contributed by atoms with E-state index in [2.05, 4.69) is 50.2 Å². The largest absolute Gasteiger partial charge is 0.474 e. The van der Waals surface area contributed by atoms with Gasteiger partial charge >= 0.3 is 17.8 Å². The molecule has 3 rings (SSSR count). The van der Waals surface area contributed by atoms with Crippen LogP contribution in [0.5, 0.6) is 0 Å². The number of halogens is 5. The summed E-state index contributed by atoms with van der Waals surface area (Å²) >= 11 is 3.00. The molecular formula is C15H11BrF4N6O5S. The summed E-state index contributed by atoms with van der Waals surface area (Å²) in [6.45, 7) is -0.255. The molecule has 1 aromatic carbocycles. The monoisotopic (exact) mass is 542 g/mol. The third kappa shape index (κ3) is 5.21. The highest BCUT2D eigenvalue weighted by atomic mass is 79.9. The number of carbonyl (C=O) groups excluding carboxylic acids is 1. The first-order valence-electron chi connectivity index (χ1n) is 8.31. The zero-order valence-corrected chi connectivity index (χ0v) is 18.1. The molecule has 0 aliphatic heterocycles. The van der Waals surface area contributed by atoms with Crippen molar-refractivity contribution in [2.45, 2.75) is 6.18 Å². The molecule has 17 heteroatoms. The normalized spacial score (nSPS) is 13.6. The van der Waals surface area contributed by atoms with Crippen molar-refractivity contribution in [3.8, 4) is 17.2 Å². The molecule has 0 saturated carbocycles. The Kier molecular flexibility index (Phi) is 6.49. The Morgan fingerprint density at radius 2 is 2.03 bits per heavy atom. The van der Waals surface area contributed by atoms with Crippen LogP contribution in [-0.2, 0) is 14.5 Å². The molecule has 0 saturated heterocycles. The van der Waals surface area contributed by atoms with Crippen molar-refractivity contribution < 1.29 is 35.7 Å². The lowest BCUT2D eigenvalue weighted by atomic mass is 10.3. The molecule has 1 atom stereocenters. The summed E-state index contributed by atoms with van der Waals surface area (Å²) in [7, 11) is -3.52. The molecule has 1 N–H and O–H groups in total. The highest BCUT2D eigenvalue weighted by molar-refractivity contribution is 9.10. The molecule has 0 fully saturated rings. The highest BCUT2D eigenvalue weighted by Gasteiger charge is 2.39. The number of hydrogen-bond acceptors (Lipinski definition) is 9. The third-order valence-electron chi connectivity index (χ3n) is 3.76. The Morgan fingerprint density at radius 3 is 2.69 bits per heavy atom. The second kappa shape index (κ2) is 8.81. The van der Waals surface area contributed by atoms with Crippen molar-refractivity contribution in [1.29, 1.82) is 0 Å². The van der Waals surface area contributed by atoms with Crippen LogP contribution in [0.25, 0.3) is 17.2 Å². The average Bonchev–Trinajstić information content (AvgIpc) is 3.29. The van der Waals surface area contributed by atoms with Crippen molar-refractivity contribution in [1.82, 2.24) is 20.0 Å². The maximum atomic E-state index is 13.5. The van der Waals surface area contributed by atoms with Crippen molar-refractivity contribution >= 4 is 37.4 Å². The minimum Gasteiger partial charge on any atom is -0.364 e. The summed E-state index contributed by atoms with van der Waals surface area (Å²) in [6.07, 6.45) is -4.34. The van der Waals surface area contributed by atoms with E-state index >= 15 is 0 Å². The summed E-state index contributed by atoms with van der Waals surface area (Å²) in [5, 5.41) is 13.4. The van der Waals surface area contributed by atoms with E-state index in [0.717, 1.165) is 16.9 Å². The van der Waals surface area contributed by atoms with Crippen LogP contribution in [0.3, 0.4) is 0 Å². The minimum absolute atomic E-state index is 0.0561. The molecule has 32 heavy (non-hydrogen) atoms. The first-order valence-corrected chi connectivity index (χ1v) is 11.2. The molecule has 0 radical (unpaired) electrons. The maximum Gasteiger partial charge on any atom is 0.474 e. The lowest BCUT2D eigenvalue weighted by Gasteiger charge is -2.07. The van der Waals surface area contributed by atoms with Gasteiger partial charge in [0.2, 0.25) is 11.6 Å². The zero-order chi connectivity index (χ0) is 23.7. The second-order valence-corrected chi connectivity index (χ2v) is 9.52. The molecule has 0 aliphatic rings. The number of nitrogens with zero attached hydrogens (tertiary/aromatic N) is 5. The van der Waals surface area contributed by atoms with Crippen molar-refractivity contribution in [2.24, 2.45) is 4.36 Å². The quantitative estimate of drug-likeness (QED) is 0.463. The third-order valence-corrected chi connectivity index (χ3v) is 5.88. The molecule has 0 spiro atoms. The Hall–Kier alpha value is -3.08. The van der Waals surface area contributed by atoms with Crippen LogP contribution in [0.15, 0.2) is 41.0 Å². The summed E-state index contributed by atoms with van der Waals surface area (Å²) in [5.41, 5.74) is 0.0247. The molecule has 1 amide bonds. The predicted molar refractivity (Wildman–Crippen MR) is 104 cm³/mol. The van der Waals surface area contributed by atoms with Crippen LogP contribution in [-0.4, -0.2) is 54.9 Å². The maximum absolute atomic E-state index is 13.5. The van der Waals surface area contributed by atoms with E-state index < -0.39 is 39.1 Å². The van der Waals surface area contributed by atoms with E-state index in [4.69, 9.17) is 0 Å². The first kappa shape index (κ1) is 23.6. The Labute approximate surface area is 184 Å². The van der Waals surface area contributed by atoms with Crippen molar-refractivity contribution in [3.05, 3.63) is 39.0 Å². The topological polar surface area (TPSA) is 145 Å². The fraction of sp³-hybridized carbons (Fsp3) is 0.267. The van der Waals surface area contributed by atoms with Gasteiger partial charge in [-0.3, -0.25) is 9.32 Å². The molecule has 1 unspecified atom stereocenters. The molecule has 172 valence electrons. The number of amides is 1. The standard InChI is InChI=1S/C15H11BrF4N6O5S/c1-32(29,25-13(27)15(18,19)20)5-4-21-11-10(22-31-23-11)12-24-30-14(28)26(12)7-2-3-9(17)8(16)6-7/h2-3,6H,4-5H2,1H3,(H,21,23). The van der Waals surface area contributed by atoms with Crippen LogP contribution in [0.2, 0.25) is 0 Å². The van der Waals surface area contributed by atoms with Gasteiger partial charge in [0.15, 0.2) is 5.69 Å². The van der Waals surface area contributed by atoms with E-state index in [1.54, 1.807) is 0 Å². The van der Waals surface area contributed by atoms with Gasteiger partial charge in [-0.1, -0.05) is 5.16 Å². The lowest BCUT2D eigenvalue weighted by molar-refractivity contribution is -0.169. The molecule has 0 aliphatic carbocycles. The number of rotatable bonds is 6. The number of anilines is 1. The van der Waals surface area contributed by atoms with Crippen LogP contribution < -0.4 is 11.1 Å². The van der Waals surface area contributed by atoms with Gasteiger partial charge in [0, 0.05) is 18.6 Å². The fourth-order valence-corrected chi connectivity index (χ4v) is 3.73. The Morgan fingerprint density at radius 1 is 1.31 bits per heavy atom. The summed E-state index contributed by atoms with van der Waals surface area (Å²) < 4.78 is 75.5. The number of alkyl halides is 3. The Bertz CT molecular complexity index is 1340. The average molecular weight is 543 g/mol. The fourth-order valence-electron chi connectivity index (χ4n) is 2.33. The molecular weight excluding hydrogens is 532 g/mol. The van der Waals surface area contributed by atoms with E-state index in [-0.39, 0.29) is 34.0 Å². The van der Waals surface area contributed by atoms with Crippen LogP contribution in [0, 0.1) is 5.82 Å². The molecule has 11 nitrogen and oxygen atoms in total. The van der Waals surface area contributed by atoms with Crippen LogP contribution >= 0.6 is 15.9 Å². The predicted octanol–water partition coefficient (Wildman–Crippen LogP) is 2.38. The Balaban J connectivity index is 1.84. The van der Waals surface area contributed by atoms with E-state index in [1.807, 2.05) is 0 Å². The second-order valence-electron chi connectivity index (χ2n) is 6.15. The summed E-state index contributed by atoms with van der Waals surface area (Å²) in [5.74, 6) is -4.74. The molecule has 2 aromatic heterocycles. The lowest BCUT2D eigenvalue weighted by Crippen LogP contribution is -2.24. The van der Waals surface area contributed by atoms with Gasteiger partial charge in [0.1, 0.15) is 5.82 Å². The smallest absolute Gasteiger partial charge is 0.364 e. The summed E-state index contributed by atoms with van der Waals surface area (Å²) in [4.78, 5) is 23.0. The number of aromatic nitrogens is 4. The zero-order valence-electron chi connectivity index (χ0n) is 15.7. The van der Waals surface area contributed by atoms with Gasteiger partial charge in [-0.25, -0.2) is 22.6 Å². The van der Waals surface area contributed by atoms with E-state index in [9.17, 15) is 31.4 Å². The van der Waals surface area contributed by atoms with Gasteiger partial charge in [-0.05, 0) is 44.4 Å². The molecule has 3 aromatic rings.